The summed E-state index contributed by atoms with van der Waals surface area (Å²) >= 11 is 1.23. The molecule has 0 saturated heterocycles. The van der Waals surface area contributed by atoms with E-state index in [1.807, 2.05) is 19.9 Å². The van der Waals surface area contributed by atoms with Crippen LogP contribution in [0.2, 0.25) is 0 Å². The molecule has 6 nitrogen and oxygen atoms in total. The van der Waals surface area contributed by atoms with Crippen molar-refractivity contribution in [2.45, 2.75) is 31.9 Å². The van der Waals surface area contributed by atoms with Gasteiger partial charge in [0.2, 0.25) is 11.8 Å². The van der Waals surface area contributed by atoms with Gasteiger partial charge >= 0.3 is 0 Å². The van der Waals surface area contributed by atoms with Crippen molar-refractivity contribution in [1.29, 1.82) is 0 Å². The average Bonchev–Trinajstić information content (AvgIpc) is 2.54. The molecule has 0 heterocycles. The first-order valence-corrected chi connectivity index (χ1v) is 10.6. The van der Waals surface area contributed by atoms with E-state index in [1.54, 1.807) is 31.3 Å². The van der Waals surface area contributed by atoms with Gasteiger partial charge in [-0.25, -0.2) is 5.09 Å². The Hall–Kier alpha value is -1.30. The minimum absolute atomic E-state index is 0.140. The van der Waals surface area contributed by atoms with Gasteiger partial charge in [-0.1, -0.05) is 43.4 Å². The van der Waals surface area contributed by atoms with Crippen LogP contribution in [0.4, 0.5) is 5.69 Å². The number of nitrogens with one attached hydrogen (secondary N) is 2. The van der Waals surface area contributed by atoms with Crippen molar-refractivity contribution < 1.29 is 14.2 Å². The molecule has 23 heavy (non-hydrogen) atoms. The second-order valence-electron chi connectivity index (χ2n) is 5.08. The zero-order valence-corrected chi connectivity index (χ0v) is 15.6. The van der Waals surface area contributed by atoms with Gasteiger partial charge < -0.3 is 5.32 Å². The second kappa shape index (κ2) is 9.11. The summed E-state index contributed by atoms with van der Waals surface area (Å²) in [4.78, 5) is 24.2. The predicted molar refractivity (Wildman–Crippen MR) is 96.5 cm³/mol. The van der Waals surface area contributed by atoms with E-state index in [9.17, 15) is 14.2 Å². The molecule has 2 unspecified atom stereocenters. The van der Waals surface area contributed by atoms with Gasteiger partial charge in [0.1, 0.15) is 6.42 Å². The lowest BCUT2D eigenvalue weighted by Crippen LogP contribution is -2.31. The van der Waals surface area contributed by atoms with Gasteiger partial charge in [0.15, 0.2) is 0 Å². The average molecular weight is 357 g/mol. The zero-order valence-electron chi connectivity index (χ0n) is 13.9. The summed E-state index contributed by atoms with van der Waals surface area (Å²) in [5.41, 5.74) is 0.624. The van der Waals surface area contributed by atoms with Crippen LogP contribution in [-0.2, 0) is 14.2 Å². The number of nitrogens with zero attached hydrogens (tertiary/aromatic N) is 1. The van der Waals surface area contributed by atoms with Gasteiger partial charge in [-0.05, 0) is 25.6 Å². The maximum Gasteiger partial charge on any atom is 0.294 e. The van der Waals surface area contributed by atoms with Crippen LogP contribution >= 0.6 is 18.0 Å². The predicted octanol–water partition coefficient (Wildman–Crippen LogP) is 3.33. The maximum atomic E-state index is 12.9. The summed E-state index contributed by atoms with van der Waals surface area (Å²) in [5, 5.41) is 5.53. The summed E-state index contributed by atoms with van der Waals surface area (Å²) < 4.78 is 14.0. The first-order valence-electron chi connectivity index (χ1n) is 7.41. The molecule has 1 aromatic rings. The Morgan fingerprint density at radius 2 is 1.91 bits per heavy atom. The molecule has 0 fully saturated rings. The van der Waals surface area contributed by atoms with Gasteiger partial charge in [-0.2, -0.15) is 0 Å². The Balaban J connectivity index is 2.67. The van der Waals surface area contributed by atoms with Crippen LogP contribution in [0.25, 0.3) is 0 Å². The van der Waals surface area contributed by atoms with Gasteiger partial charge in [0.05, 0.1) is 0 Å². The Kier molecular flexibility index (Phi) is 7.82. The van der Waals surface area contributed by atoms with E-state index >= 15 is 0 Å². The van der Waals surface area contributed by atoms with Gasteiger partial charge in [-0.3, -0.25) is 18.8 Å². The first-order chi connectivity index (χ1) is 10.8. The quantitative estimate of drug-likeness (QED) is 0.551. The third-order valence-corrected chi connectivity index (χ3v) is 9.08. The lowest BCUT2D eigenvalue weighted by atomic mass is 10.3. The molecule has 128 valence electrons. The first kappa shape index (κ1) is 19.7. The third kappa shape index (κ3) is 6.01. The molecule has 2 N–H and O–H groups in total. The van der Waals surface area contributed by atoms with E-state index in [0.717, 1.165) is 11.1 Å². The lowest BCUT2D eigenvalue weighted by Gasteiger charge is -2.28. The molecule has 1 rings (SSSR count). The fourth-order valence-electron chi connectivity index (χ4n) is 1.72. The van der Waals surface area contributed by atoms with Gasteiger partial charge in [0, 0.05) is 18.0 Å². The number of benzene rings is 1. The number of para-hydroxylation sites is 1. The highest BCUT2D eigenvalue weighted by Crippen LogP contribution is 2.59. The van der Waals surface area contributed by atoms with Crippen LogP contribution in [0.3, 0.4) is 0 Å². The molecule has 0 aliphatic heterocycles. The number of hydrogen-bond acceptors (Lipinski definition) is 4. The van der Waals surface area contributed by atoms with Crippen molar-refractivity contribution in [2.24, 2.45) is 0 Å². The van der Waals surface area contributed by atoms with Crippen molar-refractivity contribution in [2.75, 3.05) is 19.4 Å². The Morgan fingerprint density at radius 1 is 1.30 bits per heavy atom. The minimum atomic E-state index is -3.09. The second-order valence-corrected chi connectivity index (χ2v) is 10.3. The van der Waals surface area contributed by atoms with Gasteiger partial charge in [0.25, 0.3) is 6.65 Å². The largest absolute Gasteiger partial charge is 0.326 e. The maximum absolute atomic E-state index is 12.9. The lowest BCUT2D eigenvalue weighted by molar-refractivity contribution is -0.130. The molecular weight excluding hydrogens is 333 g/mol. The number of rotatable bonds is 8. The van der Waals surface area contributed by atoms with Crippen molar-refractivity contribution in [3.05, 3.63) is 30.3 Å². The van der Waals surface area contributed by atoms with Crippen LogP contribution in [0, 0.1) is 0 Å². The molecule has 0 aliphatic rings. The molecular formula is C15H24N3O3PS. The summed E-state index contributed by atoms with van der Waals surface area (Å²) in [6, 6.07) is 8.90. The molecule has 0 spiro atoms. The van der Waals surface area contributed by atoms with Crippen molar-refractivity contribution in [1.82, 2.24) is 9.76 Å². The summed E-state index contributed by atoms with van der Waals surface area (Å²) in [6.07, 6.45) is 0.491. The van der Waals surface area contributed by atoms with Crippen LogP contribution in [-0.4, -0.2) is 35.8 Å². The van der Waals surface area contributed by atoms with E-state index in [0.29, 0.717) is 5.69 Å². The zero-order chi connectivity index (χ0) is 17.5. The Morgan fingerprint density at radius 3 is 2.43 bits per heavy atom. The molecule has 0 bridgehead atoms. The van der Waals surface area contributed by atoms with E-state index in [2.05, 4.69) is 10.4 Å². The highest BCUT2D eigenvalue weighted by molar-refractivity contribution is 8.57. The molecule has 1 aromatic carbocycles. The van der Waals surface area contributed by atoms with Crippen LogP contribution in [0.1, 0.15) is 26.7 Å². The number of amides is 2. The fraction of sp³-hybridized carbons (Fsp3) is 0.467. The van der Waals surface area contributed by atoms with Crippen molar-refractivity contribution in [3.8, 4) is 0 Å². The van der Waals surface area contributed by atoms with E-state index in [-0.39, 0.29) is 11.7 Å². The van der Waals surface area contributed by atoms with Crippen molar-refractivity contribution in [3.63, 3.8) is 0 Å². The minimum Gasteiger partial charge on any atom is -0.326 e. The van der Waals surface area contributed by atoms with Crippen molar-refractivity contribution >= 4 is 35.5 Å². The Labute approximate surface area is 141 Å². The topological polar surface area (TPSA) is 78.5 Å². The third-order valence-electron chi connectivity index (χ3n) is 3.31. The SMILES string of the molecule is CCC(C)SP(=O)(NC)N(C)C(=O)CC(=O)Nc1ccccc1. The standard InChI is InChI=1S/C15H24N3O3PS/c1-5-12(2)23-22(21,16-3)18(4)15(20)11-14(19)17-13-9-7-6-8-10-13/h6-10,12H,5,11H2,1-4H3,(H,16,21)(H,17,19). The molecule has 0 radical (unpaired) electrons. The van der Waals surface area contributed by atoms with E-state index in [4.69, 9.17) is 0 Å². The van der Waals surface area contributed by atoms with Crippen LogP contribution in [0.15, 0.2) is 30.3 Å². The molecule has 2 atom stereocenters. The van der Waals surface area contributed by atoms with E-state index in [1.165, 1.54) is 18.4 Å². The molecule has 0 aliphatic carbocycles. The summed E-state index contributed by atoms with van der Waals surface area (Å²) in [5.74, 6) is -0.906. The summed E-state index contributed by atoms with van der Waals surface area (Å²) in [6.45, 7) is 0.858. The normalized spacial score (nSPS) is 14.6. The molecule has 8 heteroatoms. The number of hydrogen-bond donors (Lipinski definition) is 2. The number of anilines is 1. The molecule has 2 amide bonds. The van der Waals surface area contributed by atoms with Crippen LogP contribution in [0.5, 0.6) is 0 Å². The highest BCUT2D eigenvalue weighted by Gasteiger charge is 2.33. The smallest absolute Gasteiger partial charge is 0.294 e. The monoisotopic (exact) mass is 357 g/mol. The van der Waals surface area contributed by atoms with E-state index < -0.39 is 18.5 Å². The van der Waals surface area contributed by atoms with Gasteiger partial charge in [-0.15, -0.1) is 0 Å². The summed E-state index contributed by atoms with van der Waals surface area (Å²) in [7, 11) is 3.02. The number of carbonyl (C=O) groups excluding carboxylic acids is 2. The Bertz CT molecular complexity index is 583. The highest BCUT2D eigenvalue weighted by atomic mass is 32.7. The number of carbonyl (C=O) groups is 2. The fourth-order valence-corrected chi connectivity index (χ4v) is 6.19. The van der Waals surface area contributed by atoms with Crippen LogP contribution < -0.4 is 10.4 Å². The molecule has 0 saturated carbocycles. The molecule has 0 aromatic heterocycles.